The van der Waals surface area contributed by atoms with Crippen LogP contribution in [0.5, 0.6) is 0 Å². The maximum absolute atomic E-state index is 13.5. The molecule has 2 aromatic carbocycles. The summed E-state index contributed by atoms with van der Waals surface area (Å²) >= 11 is 0. The SMILES string of the molecule is Cc1cccc2c1CN(C(C)C)S(=O)(=O)N2CCN1CC=C(c2c[nH]c3cc(F)ccc23)CC1.Cl. The Morgan fingerprint density at radius 2 is 1.94 bits per heavy atom. The summed E-state index contributed by atoms with van der Waals surface area (Å²) in [6.07, 6.45) is 5.02. The highest BCUT2D eigenvalue weighted by atomic mass is 35.5. The summed E-state index contributed by atoms with van der Waals surface area (Å²) in [7, 11) is -3.58. The number of hydrogen-bond donors (Lipinski definition) is 1. The number of nitrogens with one attached hydrogen (secondary N) is 1. The van der Waals surface area contributed by atoms with Crippen LogP contribution in [0.4, 0.5) is 10.1 Å². The topological polar surface area (TPSA) is 59.7 Å². The molecule has 1 aromatic heterocycles. The normalized spacial score (nSPS) is 18.4. The van der Waals surface area contributed by atoms with Gasteiger partial charge in [0.05, 0.1) is 5.69 Å². The summed E-state index contributed by atoms with van der Waals surface area (Å²) in [6.45, 7) is 8.99. The maximum Gasteiger partial charge on any atom is 0.304 e. The molecule has 35 heavy (non-hydrogen) atoms. The van der Waals surface area contributed by atoms with Crippen LogP contribution in [0, 0.1) is 12.7 Å². The fourth-order valence-corrected chi connectivity index (χ4v) is 6.86. The molecule has 0 saturated carbocycles. The quantitative estimate of drug-likeness (QED) is 0.511. The third kappa shape index (κ3) is 4.72. The second-order valence-electron chi connectivity index (χ2n) is 9.46. The predicted octanol–water partition coefficient (Wildman–Crippen LogP) is 5.10. The molecule has 2 aliphatic heterocycles. The van der Waals surface area contributed by atoms with Crippen molar-refractivity contribution in [3.05, 3.63) is 71.2 Å². The molecule has 6 nitrogen and oxygen atoms in total. The number of benzene rings is 2. The fourth-order valence-electron chi connectivity index (χ4n) is 5.05. The molecule has 0 atom stereocenters. The average molecular weight is 519 g/mol. The second-order valence-corrected chi connectivity index (χ2v) is 11.3. The first-order valence-electron chi connectivity index (χ1n) is 11.8. The minimum absolute atomic E-state index is 0. The van der Waals surface area contributed by atoms with Crippen molar-refractivity contribution in [1.29, 1.82) is 0 Å². The highest BCUT2D eigenvalue weighted by Gasteiger charge is 2.38. The zero-order valence-corrected chi connectivity index (χ0v) is 21.9. The van der Waals surface area contributed by atoms with Crippen LogP contribution in [0.3, 0.4) is 0 Å². The molecule has 9 heteroatoms. The number of H-pyrrole nitrogens is 1. The highest BCUT2D eigenvalue weighted by Crippen LogP contribution is 2.35. The largest absolute Gasteiger partial charge is 0.360 e. The Morgan fingerprint density at radius 3 is 2.66 bits per heavy atom. The van der Waals surface area contributed by atoms with E-state index in [0.717, 1.165) is 52.8 Å². The van der Waals surface area contributed by atoms with Crippen molar-refractivity contribution in [2.24, 2.45) is 0 Å². The number of aromatic nitrogens is 1. The van der Waals surface area contributed by atoms with Gasteiger partial charge in [-0.25, -0.2) is 4.39 Å². The van der Waals surface area contributed by atoms with Crippen molar-refractivity contribution in [2.75, 3.05) is 30.5 Å². The van der Waals surface area contributed by atoms with Gasteiger partial charge in [-0.15, -0.1) is 12.4 Å². The Morgan fingerprint density at radius 1 is 1.14 bits per heavy atom. The van der Waals surface area contributed by atoms with Crippen LogP contribution in [0.2, 0.25) is 0 Å². The number of nitrogens with zero attached hydrogens (tertiary/aromatic N) is 3. The second kappa shape index (κ2) is 9.93. The summed E-state index contributed by atoms with van der Waals surface area (Å²) in [5.74, 6) is -0.245. The molecular formula is C26H32ClFN4O2S. The zero-order valence-electron chi connectivity index (χ0n) is 20.3. The summed E-state index contributed by atoms with van der Waals surface area (Å²) < 4.78 is 43.6. The lowest BCUT2D eigenvalue weighted by atomic mass is 9.99. The molecular weight excluding hydrogens is 487 g/mol. The van der Waals surface area contributed by atoms with Crippen molar-refractivity contribution in [2.45, 2.75) is 39.8 Å². The van der Waals surface area contributed by atoms with Crippen LogP contribution < -0.4 is 4.31 Å². The van der Waals surface area contributed by atoms with Crippen molar-refractivity contribution in [3.63, 3.8) is 0 Å². The van der Waals surface area contributed by atoms with Crippen LogP contribution in [-0.2, 0) is 16.8 Å². The third-order valence-corrected chi connectivity index (χ3v) is 9.10. The molecule has 0 fully saturated rings. The van der Waals surface area contributed by atoms with Crippen molar-refractivity contribution >= 4 is 44.8 Å². The Bertz CT molecular complexity index is 1370. The molecule has 1 N–H and O–H groups in total. The molecule has 2 aliphatic rings. The van der Waals surface area contributed by atoms with E-state index in [1.54, 1.807) is 8.61 Å². The molecule has 3 aromatic rings. The summed E-state index contributed by atoms with van der Waals surface area (Å²) in [6, 6.07) is 10.6. The molecule has 3 heterocycles. The van der Waals surface area contributed by atoms with Gasteiger partial charge in [0.15, 0.2) is 0 Å². The van der Waals surface area contributed by atoms with Crippen molar-refractivity contribution in [1.82, 2.24) is 14.2 Å². The fraction of sp³-hybridized carbons (Fsp3) is 0.385. The van der Waals surface area contributed by atoms with Crippen molar-refractivity contribution in [3.8, 4) is 0 Å². The van der Waals surface area contributed by atoms with E-state index < -0.39 is 10.2 Å². The number of aryl methyl sites for hydroxylation is 1. The Hall–Kier alpha value is -2.39. The van der Waals surface area contributed by atoms with E-state index in [2.05, 4.69) is 16.0 Å². The van der Waals surface area contributed by atoms with Gasteiger partial charge in [-0.3, -0.25) is 9.21 Å². The van der Waals surface area contributed by atoms with Gasteiger partial charge in [-0.05, 0) is 68.2 Å². The van der Waals surface area contributed by atoms with Crippen LogP contribution in [0.15, 0.2) is 48.7 Å². The van der Waals surface area contributed by atoms with Gasteiger partial charge in [0.2, 0.25) is 0 Å². The molecule has 5 rings (SSSR count). The lowest BCUT2D eigenvalue weighted by Gasteiger charge is -2.40. The van der Waals surface area contributed by atoms with Gasteiger partial charge in [-0.1, -0.05) is 18.2 Å². The molecule has 188 valence electrons. The summed E-state index contributed by atoms with van der Waals surface area (Å²) in [5, 5.41) is 1.03. The van der Waals surface area contributed by atoms with E-state index in [0.29, 0.717) is 19.6 Å². The zero-order chi connectivity index (χ0) is 24.0. The Labute approximate surface area is 213 Å². The molecule has 0 radical (unpaired) electrons. The van der Waals surface area contributed by atoms with Gasteiger partial charge in [0, 0.05) is 61.4 Å². The number of fused-ring (bicyclic) bond motifs is 2. The van der Waals surface area contributed by atoms with Crippen LogP contribution in [0.25, 0.3) is 16.5 Å². The van der Waals surface area contributed by atoms with Gasteiger partial charge < -0.3 is 4.98 Å². The van der Waals surface area contributed by atoms with Gasteiger partial charge in [0.25, 0.3) is 0 Å². The first-order valence-corrected chi connectivity index (χ1v) is 13.2. The summed E-state index contributed by atoms with van der Waals surface area (Å²) in [4.78, 5) is 5.46. The molecule has 0 bridgehead atoms. The number of anilines is 1. The van der Waals surface area contributed by atoms with Gasteiger partial charge in [0.1, 0.15) is 5.82 Å². The van der Waals surface area contributed by atoms with E-state index in [1.165, 1.54) is 17.7 Å². The van der Waals surface area contributed by atoms with Crippen LogP contribution >= 0.6 is 12.4 Å². The standard InChI is InChI=1S/C26H31FN4O2S.ClH/c1-18(2)31-17-24-19(3)5-4-6-26(24)30(34(31,32)33)14-13-29-11-9-20(10-12-29)23-16-28-25-15-21(27)7-8-22(23)25;/h4-9,15-16,18,28H,10-14,17H2,1-3H3;1H. The minimum atomic E-state index is -3.58. The predicted molar refractivity (Wildman–Crippen MR) is 143 cm³/mol. The van der Waals surface area contributed by atoms with Crippen LogP contribution in [-0.4, -0.2) is 54.8 Å². The van der Waals surface area contributed by atoms with E-state index >= 15 is 0 Å². The van der Waals surface area contributed by atoms with Gasteiger partial charge in [-0.2, -0.15) is 12.7 Å². The monoisotopic (exact) mass is 518 g/mol. The Kier molecular flexibility index (Phi) is 7.29. The highest BCUT2D eigenvalue weighted by molar-refractivity contribution is 7.90. The number of halogens is 2. The maximum atomic E-state index is 13.5. The van der Waals surface area contributed by atoms with Gasteiger partial charge >= 0.3 is 10.2 Å². The Balaban J connectivity index is 0.00000289. The summed E-state index contributed by atoms with van der Waals surface area (Å²) in [5.41, 5.74) is 6.17. The lowest BCUT2D eigenvalue weighted by molar-refractivity contribution is 0.305. The first-order chi connectivity index (χ1) is 16.3. The van der Waals surface area contributed by atoms with E-state index in [-0.39, 0.29) is 24.3 Å². The van der Waals surface area contributed by atoms with Crippen LogP contribution in [0.1, 0.15) is 37.0 Å². The van der Waals surface area contributed by atoms with E-state index in [4.69, 9.17) is 0 Å². The molecule has 0 spiro atoms. The molecule has 0 aliphatic carbocycles. The van der Waals surface area contributed by atoms with E-state index in [1.807, 2.05) is 51.2 Å². The number of rotatable bonds is 5. The minimum Gasteiger partial charge on any atom is -0.360 e. The number of aromatic amines is 1. The van der Waals surface area contributed by atoms with Crippen molar-refractivity contribution < 1.29 is 12.8 Å². The smallest absolute Gasteiger partial charge is 0.304 e. The van der Waals surface area contributed by atoms with E-state index in [9.17, 15) is 12.8 Å². The average Bonchev–Trinajstić information content (AvgIpc) is 3.21. The number of hydrogen-bond acceptors (Lipinski definition) is 3. The molecule has 0 unspecified atom stereocenters. The first kappa shape index (κ1) is 25.7. The molecule has 0 amide bonds. The third-order valence-electron chi connectivity index (χ3n) is 7.02. The lowest BCUT2D eigenvalue weighted by Crippen LogP contribution is -2.52. The molecule has 0 saturated heterocycles.